The number of carbonyl (C=O) groups excluding carboxylic acids is 1. The minimum Gasteiger partial charge on any atom is -0.506 e. The topological polar surface area (TPSA) is 70.9 Å². The summed E-state index contributed by atoms with van der Waals surface area (Å²) in [6.07, 6.45) is 0.494. The molecule has 3 rings (SSSR count). The number of hydrazone groups is 1. The largest absolute Gasteiger partial charge is 0.506 e. The van der Waals surface area contributed by atoms with Crippen molar-refractivity contribution in [3.05, 3.63) is 70.2 Å². The number of aromatic hydroxyl groups is 1. The van der Waals surface area contributed by atoms with E-state index in [1.807, 2.05) is 36.4 Å². The predicted octanol–water partition coefficient (Wildman–Crippen LogP) is 4.77. The Balaban J connectivity index is 1.63. The molecule has 3 aromatic rings. The number of carbonyl (C=O) groups is 1. The van der Waals surface area contributed by atoms with Crippen LogP contribution in [0.15, 0.2) is 59.7 Å². The third kappa shape index (κ3) is 4.70. The zero-order valence-corrected chi connectivity index (χ0v) is 15.8. The number of benzene rings is 3. The molecule has 0 radical (unpaired) electrons. The van der Waals surface area contributed by atoms with Gasteiger partial charge in [0.2, 0.25) is 0 Å². The van der Waals surface area contributed by atoms with Gasteiger partial charge in [-0.3, -0.25) is 4.79 Å². The van der Waals surface area contributed by atoms with E-state index in [1.165, 1.54) is 18.3 Å². The SMILES string of the molecule is C[C@@H](Oc1ccc2ccccc2c1)C(=O)N/N=C/c1cc(Cl)cc(Cl)c1O. The molecular formula is C20H16Cl2N2O3. The van der Waals surface area contributed by atoms with Gasteiger partial charge < -0.3 is 9.84 Å². The van der Waals surface area contributed by atoms with Crippen molar-refractivity contribution in [3.63, 3.8) is 0 Å². The van der Waals surface area contributed by atoms with Gasteiger partial charge >= 0.3 is 0 Å². The highest BCUT2D eigenvalue weighted by molar-refractivity contribution is 6.36. The molecule has 0 heterocycles. The highest BCUT2D eigenvalue weighted by Gasteiger charge is 2.14. The van der Waals surface area contributed by atoms with Crippen molar-refractivity contribution in [1.82, 2.24) is 5.43 Å². The molecule has 0 aliphatic rings. The zero-order chi connectivity index (χ0) is 19.4. The summed E-state index contributed by atoms with van der Waals surface area (Å²) < 4.78 is 5.67. The second-order valence-electron chi connectivity index (χ2n) is 5.83. The monoisotopic (exact) mass is 402 g/mol. The highest BCUT2D eigenvalue weighted by Crippen LogP contribution is 2.30. The van der Waals surface area contributed by atoms with Gasteiger partial charge in [-0.05, 0) is 42.0 Å². The predicted molar refractivity (Wildman–Crippen MR) is 108 cm³/mol. The van der Waals surface area contributed by atoms with Crippen LogP contribution in [-0.2, 0) is 4.79 Å². The van der Waals surface area contributed by atoms with Crippen LogP contribution in [0.3, 0.4) is 0 Å². The number of phenols is 1. The van der Waals surface area contributed by atoms with Gasteiger partial charge in [-0.2, -0.15) is 5.10 Å². The molecular weight excluding hydrogens is 387 g/mol. The molecule has 1 amide bonds. The molecule has 27 heavy (non-hydrogen) atoms. The van der Waals surface area contributed by atoms with Crippen molar-refractivity contribution in [1.29, 1.82) is 0 Å². The molecule has 0 saturated heterocycles. The Morgan fingerprint density at radius 1 is 1.15 bits per heavy atom. The first-order chi connectivity index (χ1) is 12.9. The Kier molecular flexibility index (Phi) is 5.84. The van der Waals surface area contributed by atoms with Crippen molar-refractivity contribution in [2.75, 3.05) is 0 Å². The van der Waals surface area contributed by atoms with Crippen LogP contribution in [0.25, 0.3) is 10.8 Å². The standard InChI is InChI=1S/C20H16Cl2N2O3/c1-12(27-17-7-6-13-4-2-3-5-14(13)9-17)20(26)24-23-11-15-8-16(21)10-18(22)19(15)25/h2-12,25H,1H3,(H,24,26)/b23-11+/t12-/m1/s1. The number of amides is 1. The normalized spacial score (nSPS) is 12.3. The molecule has 0 saturated carbocycles. The molecule has 5 nitrogen and oxygen atoms in total. The number of phenolic OH excluding ortho intramolecular Hbond substituents is 1. The lowest BCUT2D eigenvalue weighted by molar-refractivity contribution is -0.127. The summed E-state index contributed by atoms with van der Waals surface area (Å²) in [6.45, 7) is 1.62. The maximum atomic E-state index is 12.2. The van der Waals surface area contributed by atoms with E-state index >= 15 is 0 Å². The Hall–Kier alpha value is -2.76. The summed E-state index contributed by atoms with van der Waals surface area (Å²) in [6, 6.07) is 16.4. The lowest BCUT2D eigenvalue weighted by atomic mass is 10.1. The Bertz CT molecular complexity index is 1020. The Morgan fingerprint density at radius 3 is 2.67 bits per heavy atom. The van der Waals surface area contributed by atoms with Crippen LogP contribution in [0.5, 0.6) is 11.5 Å². The lowest BCUT2D eigenvalue weighted by Gasteiger charge is -2.13. The van der Waals surface area contributed by atoms with Crippen LogP contribution in [-0.4, -0.2) is 23.3 Å². The molecule has 3 aromatic carbocycles. The van der Waals surface area contributed by atoms with E-state index in [0.29, 0.717) is 10.8 Å². The van der Waals surface area contributed by atoms with E-state index < -0.39 is 12.0 Å². The summed E-state index contributed by atoms with van der Waals surface area (Å²) in [4.78, 5) is 12.2. The number of nitrogens with one attached hydrogen (secondary N) is 1. The average Bonchev–Trinajstić information content (AvgIpc) is 2.65. The molecule has 0 aliphatic heterocycles. The van der Waals surface area contributed by atoms with Crippen molar-refractivity contribution in [2.24, 2.45) is 5.10 Å². The van der Waals surface area contributed by atoms with Crippen LogP contribution in [0.4, 0.5) is 0 Å². The lowest BCUT2D eigenvalue weighted by Crippen LogP contribution is -2.33. The maximum Gasteiger partial charge on any atom is 0.280 e. The molecule has 0 spiro atoms. The Labute approximate surface area is 166 Å². The first-order valence-corrected chi connectivity index (χ1v) is 8.86. The molecule has 0 fully saturated rings. The van der Waals surface area contributed by atoms with Crippen LogP contribution in [0.2, 0.25) is 10.0 Å². The van der Waals surface area contributed by atoms with E-state index in [-0.39, 0.29) is 16.3 Å². The minimum absolute atomic E-state index is 0.100. The fraction of sp³-hybridized carbons (Fsp3) is 0.100. The van der Waals surface area contributed by atoms with Gasteiger partial charge in [0.25, 0.3) is 5.91 Å². The third-order valence-corrected chi connectivity index (χ3v) is 4.35. The van der Waals surface area contributed by atoms with Gasteiger partial charge in [0, 0.05) is 10.6 Å². The van der Waals surface area contributed by atoms with E-state index in [2.05, 4.69) is 10.5 Å². The zero-order valence-electron chi connectivity index (χ0n) is 14.3. The summed E-state index contributed by atoms with van der Waals surface area (Å²) in [5, 5.41) is 16.2. The highest BCUT2D eigenvalue weighted by atomic mass is 35.5. The van der Waals surface area contributed by atoms with Gasteiger partial charge in [-0.1, -0.05) is 53.5 Å². The van der Waals surface area contributed by atoms with Crippen LogP contribution in [0.1, 0.15) is 12.5 Å². The molecule has 1 atom stereocenters. The Morgan fingerprint density at radius 2 is 1.89 bits per heavy atom. The number of ether oxygens (including phenoxy) is 1. The third-order valence-electron chi connectivity index (χ3n) is 3.84. The molecule has 0 aromatic heterocycles. The average molecular weight is 403 g/mol. The van der Waals surface area contributed by atoms with E-state index in [1.54, 1.807) is 13.0 Å². The van der Waals surface area contributed by atoms with Gasteiger partial charge in [0.05, 0.1) is 11.2 Å². The smallest absolute Gasteiger partial charge is 0.280 e. The van der Waals surface area contributed by atoms with Crippen molar-refractivity contribution in [2.45, 2.75) is 13.0 Å². The van der Waals surface area contributed by atoms with Crippen molar-refractivity contribution in [3.8, 4) is 11.5 Å². The van der Waals surface area contributed by atoms with Crippen LogP contribution in [0, 0.1) is 0 Å². The van der Waals surface area contributed by atoms with Gasteiger partial charge in [-0.25, -0.2) is 5.43 Å². The van der Waals surface area contributed by atoms with Crippen molar-refractivity contribution >= 4 is 46.1 Å². The molecule has 2 N–H and O–H groups in total. The van der Waals surface area contributed by atoms with Crippen LogP contribution >= 0.6 is 23.2 Å². The van der Waals surface area contributed by atoms with E-state index in [9.17, 15) is 9.90 Å². The molecule has 138 valence electrons. The van der Waals surface area contributed by atoms with Gasteiger partial charge in [0.1, 0.15) is 11.5 Å². The fourth-order valence-corrected chi connectivity index (χ4v) is 2.95. The summed E-state index contributed by atoms with van der Waals surface area (Å²) in [5.74, 6) is -0.0221. The second-order valence-corrected chi connectivity index (χ2v) is 6.67. The molecule has 0 aliphatic carbocycles. The number of rotatable bonds is 5. The quantitative estimate of drug-likeness (QED) is 0.476. The number of fused-ring (bicyclic) bond motifs is 1. The molecule has 7 heteroatoms. The summed E-state index contributed by atoms with van der Waals surface area (Å²) in [5.41, 5.74) is 2.65. The van der Waals surface area contributed by atoms with E-state index in [0.717, 1.165) is 10.8 Å². The maximum absolute atomic E-state index is 12.2. The van der Waals surface area contributed by atoms with Gasteiger partial charge in [0.15, 0.2) is 6.10 Å². The molecule has 0 unspecified atom stereocenters. The first kappa shape index (κ1) is 19.0. The summed E-state index contributed by atoms with van der Waals surface area (Å²) >= 11 is 11.7. The summed E-state index contributed by atoms with van der Waals surface area (Å²) in [7, 11) is 0. The number of hydrogen-bond donors (Lipinski definition) is 2. The second kappa shape index (κ2) is 8.29. The van der Waals surface area contributed by atoms with E-state index in [4.69, 9.17) is 27.9 Å². The minimum atomic E-state index is -0.764. The van der Waals surface area contributed by atoms with Crippen LogP contribution < -0.4 is 10.2 Å². The van der Waals surface area contributed by atoms with Gasteiger partial charge in [-0.15, -0.1) is 0 Å². The molecule has 0 bridgehead atoms. The van der Waals surface area contributed by atoms with Crippen molar-refractivity contribution < 1.29 is 14.6 Å². The number of nitrogens with zero attached hydrogens (tertiary/aromatic N) is 1. The fourth-order valence-electron chi connectivity index (χ4n) is 2.44. The first-order valence-electron chi connectivity index (χ1n) is 8.10. The number of halogens is 2. The number of hydrogen-bond acceptors (Lipinski definition) is 4.